The van der Waals surface area contributed by atoms with E-state index in [0.29, 0.717) is 18.6 Å². The fourth-order valence-electron chi connectivity index (χ4n) is 2.90. The van der Waals surface area contributed by atoms with Gasteiger partial charge in [-0.1, -0.05) is 62.0 Å². The number of aliphatic hydroxyl groups excluding tert-OH is 2. The minimum Gasteiger partial charge on any atom is -0.463 e. The van der Waals surface area contributed by atoms with Crippen molar-refractivity contribution in [2.75, 3.05) is 13.2 Å². The molecule has 1 aliphatic rings. The second-order valence-corrected chi connectivity index (χ2v) is 7.57. The van der Waals surface area contributed by atoms with E-state index in [2.05, 4.69) is 55.5 Å². The Morgan fingerprint density at radius 3 is 2.23 bits per heavy atom. The molecule has 5 nitrogen and oxygen atoms in total. The zero-order valence-electron chi connectivity index (χ0n) is 18.5. The molecule has 1 rings (SSSR count). The third kappa shape index (κ3) is 15.2. The number of epoxide rings is 1. The highest BCUT2D eigenvalue weighted by atomic mass is 16.6. The van der Waals surface area contributed by atoms with Crippen LogP contribution >= 0.6 is 0 Å². The van der Waals surface area contributed by atoms with E-state index in [0.717, 1.165) is 57.8 Å². The predicted molar refractivity (Wildman–Crippen MR) is 121 cm³/mol. The molecular weight excluding hydrogens is 380 g/mol. The Bertz CT molecular complexity index is 550. The van der Waals surface area contributed by atoms with E-state index in [1.165, 1.54) is 0 Å². The van der Waals surface area contributed by atoms with Crippen LogP contribution in [0.25, 0.3) is 0 Å². The normalized spacial score (nSPS) is 20.1. The van der Waals surface area contributed by atoms with Gasteiger partial charge in [-0.05, 0) is 51.4 Å². The van der Waals surface area contributed by atoms with Crippen molar-refractivity contribution in [3.8, 4) is 0 Å². The second kappa shape index (κ2) is 18.1. The fourth-order valence-corrected chi connectivity index (χ4v) is 2.90. The van der Waals surface area contributed by atoms with Crippen molar-refractivity contribution in [1.82, 2.24) is 0 Å². The lowest BCUT2D eigenvalue weighted by Gasteiger charge is -2.08. The van der Waals surface area contributed by atoms with Crippen molar-refractivity contribution < 1.29 is 24.5 Å². The summed E-state index contributed by atoms with van der Waals surface area (Å²) in [6.07, 6.45) is 26.7. The highest BCUT2D eigenvalue weighted by Gasteiger charge is 2.35. The number of unbranched alkanes of at least 4 members (excludes halogenated alkanes) is 3. The molecule has 0 spiro atoms. The van der Waals surface area contributed by atoms with Crippen LogP contribution in [0.5, 0.6) is 0 Å². The van der Waals surface area contributed by atoms with Gasteiger partial charge in [-0.25, -0.2) is 0 Å². The van der Waals surface area contributed by atoms with Gasteiger partial charge in [0.1, 0.15) is 12.7 Å². The van der Waals surface area contributed by atoms with Gasteiger partial charge in [-0.3, -0.25) is 4.79 Å². The number of allylic oxidation sites excluding steroid dienone is 6. The number of carbonyl (C=O) groups excluding carboxylic acids is 1. The summed E-state index contributed by atoms with van der Waals surface area (Å²) < 4.78 is 10.5. The molecule has 0 radical (unpaired) electrons. The maximum atomic E-state index is 11.4. The maximum Gasteiger partial charge on any atom is 0.305 e. The van der Waals surface area contributed by atoms with Gasteiger partial charge in [0.2, 0.25) is 0 Å². The van der Waals surface area contributed by atoms with Gasteiger partial charge in [0.05, 0.1) is 18.8 Å². The first kappa shape index (κ1) is 26.3. The summed E-state index contributed by atoms with van der Waals surface area (Å²) in [7, 11) is 0. The first-order chi connectivity index (χ1) is 14.7. The van der Waals surface area contributed by atoms with Crippen LogP contribution in [0.3, 0.4) is 0 Å². The van der Waals surface area contributed by atoms with E-state index in [-0.39, 0.29) is 19.2 Å². The van der Waals surface area contributed by atoms with E-state index < -0.39 is 6.10 Å². The van der Waals surface area contributed by atoms with Gasteiger partial charge >= 0.3 is 5.97 Å². The molecule has 1 aliphatic heterocycles. The molecule has 2 N–H and O–H groups in total. The smallest absolute Gasteiger partial charge is 0.305 e. The lowest BCUT2D eigenvalue weighted by molar-refractivity contribution is -0.147. The first-order valence-corrected chi connectivity index (χ1v) is 11.4. The molecule has 0 aromatic heterocycles. The molecule has 5 heteroatoms. The number of hydrogen-bond acceptors (Lipinski definition) is 5. The molecule has 0 aromatic rings. The molecule has 170 valence electrons. The molecular formula is C25H40O5. The zero-order chi connectivity index (χ0) is 21.9. The summed E-state index contributed by atoms with van der Waals surface area (Å²) in [4.78, 5) is 11.4. The number of esters is 1. The van der Waals surface area contributed by atoms with Crippen LogP contribution in [0.1, 0.15) is 71.1 Å². The third-order valence-corrected chi connectivity index (χ3v) is 4.77. The van der Waals surface area contributed by atoms with Gasteiger partial charge in [0, 0.05) is 6.42 Å². The number of carbonyl (C=O) groups is 1. The first-order valence-electron chi connectivity index (χ1n) is 11.4. The average molecular weight is 421 g/mol. The van der Waals surface area contributed by atoms with Crippen molar-refractivity contribution in [3.63, 3.8) is 0 Å². The molecule has 1 saturated heterocycles. The van der Waals surface area contributed by atoms with Crippen LogP contribution in [0.15, 0.2) is 48.6 Å². The fraction of sp³-hybridized carbons (Fsp3) is 0.640. The van der Waals surface area contributed by atoms with Gasteiger partial charge in [-0.15, -0.1) is 0 Å². The van der Waals surface area contributed by atoms with Crippen molar-refractivity contribution in [1.29, 1.82) is 0 Å². The van der Waals surface area contributed by atoms with Crippen LogP contribution in [0.4, 0.5) is 0 Å². The highest BCUT2D eigenvalue weighted by Crippen LogP contribution is 2.29. The highest BCUT2D eigenvalue weighted by molar-refractivity contribution is 5.69. The van der Waals surface area contributed by atoms with Crippen molar-refractivity contribution >= 4 is 5.97 Å². The standard InChI is InChI=1S/C25H40O5/c1-2-3-14-17-23-24(30-23)18-15-12-10-8-6-4-5-7-9-11-13-16-19-25(28)29-21-22(27)20-26/h3,5-8,12,14-15,22-24,26-27H,2,4,9-11,13,16-21H2,1H3. The lowest BCUT2D eigenvalue weighted by Crippen LogP contribution is -2.21. The van der Waals surface area contributed by atoms with Gasteiger partial charge in [0.25, 0.3) is 0 Å². The monoisotopic (exact) mass is 420 g/mol. The van der Waals surface area contributed by atoms with Crippen molar-refractivity contribution in [2.45, 2.75) is 89.4 Å². The van der Waals surface area contributed by atoms with Crippen molar-refractivity contribution in [3.05, 3.63) is 48.6 Å². The van der Waals surface area contributed by atoms with Crippen LogP contribution in [0.2, 0.25) is 0 Å². The van der Waals surface area contributed by atoms with Crippen molar-refractivity contribution in [2.24, 2.45) is 0 Å². The zero-order valence-corrected chi connectivity index (χ0v) is 18.5. The largest absolute Gasteiger partial charge is 0.463 e. The summed E-state index contributed by atoms with van der Waals surface area (Å²) in [6.45, 7) is 1.63. The number of rotatable bonds is 18. The topological polar surface area (TPSA) is 79.3 Å². The van der Waals surface area contributed by atoms with Crippen LogP contribution < -0.4 is 0 Å². The van der Waals surface area contributed by atoms with Gasteiger partial charge in [-0.2, -0.15) is 0 Å². The molecule has 1 fully saturated rings. The Labute approximate surface area is 182 Å². The summed E-state index contributed by atoms with van der Waals surface area (Å²) >= 11 is 0. The third-order valence-electron chi connectivity index (χ3n) is 4.77. The molecule has 3 unspecified atom stereocenters. The molecule has 0 saturated carbocycles. The Morgan fingerprint density at radius 1 is 0.933 bits per heavy atom. The van der Waals surface area contributed by atoms with E-state index in [9.17, 15) is 4.79 Å². The minimum absolute atomic E-state index is 0.131. The molecule has 0 amide bonds. The Kier molecular flexibility index (Phi) is 15.9. The van der Waals surface area contributed by atoms with E-state index >= 15 is 0 Å². The average Bonchev–Trinajstić information content (AvgIpc) is 3.50. The van der Waals surface area contributed by atoms with Gasteiger partial charge in [0.15, 0.2) is 0 Å². The van der Waals surface area contributed by atoms with Crippen LogP contribution in [0, 0.1) is 0 Å². The Hall–Kier alpha value is -1.69. The van der Waals surface area contributed by atoms with E-state index in [1.54, 1.807) is 0 Å². The summed E-state index contributed by atoms with van der Waals surface area (Å²) in [6, 6.07) is 0. The SMILES string of the molecule is CCC=CCC1OC1CC=CCC=CCC=CCCCCCC(=O)OCC(O)CO. The molecule has 0 aliphatic carbocycles. The quantitative estimate of drug-likeness (QED) is 0.144. The van der Waals surface area contributed by atoms with Gasteiger partial charge < -0.3 is 19.7 Å². The summed E-state index contributed by atoms with van der Waals surface area (Å²) in [5.41, 5.74) is 0. The Morgan fingerprint density at radius 2 is 1.57 bits per heavy atom. The van der Waals surface area contributed by atoms with E-state index in [1.807, 2.05) is 0 Å². The van der Waals surface area contributed by atoms with Crippen LogP contribution in [-0.2, 0) is 14.3 Å². The molecule has 0 aromatic carbocycles. The summed E-state index contributed by atoms with van der Waals surface area (Å²) in [5.74, 6) is -0.314. The van der Waals surface area contributed by atoms with Crippen LogP contribution in [-0.4, -0.2) is 47.7 Å². The predicted octanol–water partition coefficient (Wildman–Crippen LogP) is 4.80. The number of aliphatic hydroxyl groups is 2. The number of ether oxygens (including phenoxy) is 2. The number of hydrogen-bond donors (Lipinski definition) is 2. The molecule has 30 heavy (non-hydrogen) atoms. The Balaban J connectivity index is 1.88. The second-order valence-electron chi connectivity index (χ2n) is 7.57. The molecule has 1 heterocycles. The minimum atomic E-state index is -0.979. The summed E-state index contributed by atoms with van der Waals surface area (Å²) in [5, 5.41) is 17.7. The van der Waals surface area contributed by atoms with E-state index in [4.69, 9.17) is 19.7 Å². The maximum absolute atomic E-state index is 11.4. The molecule has 3 atom stereocenters. The molecule has 0 bridgehead atoms. The lowest BCUT2D eigenvalue weighted by atomic mass is 10.1.